The molecule has 1 aliphatic carbocycles. The van der Waals surface area contributed by atoms with Gasteiger partial charge >= 0.3 is 0 Å². The summed E-state index contributed by atoms with van der Waals surface area (Å²) in [4.78, 5) is 20.2. The topological polar surface area (TPSA) is 58.7 Å². The van der Waals surface area contributed by atoms with Gasteiger partial charge in [0.2, 0.25) is 0 Å². The first kappa shape index (κ1) is 24.9. The van der Waals surface area contributed by atoms with Crippen molar-refractivity contribution in [2.45, 2.75) is 46.7 Å². The van der Waals surface area contributed by atoms with Gasteiger partial charge in [-0.05, 0) is 88.8 Å². The third kappa shape index (κ3) is 4.45. The summed E-state index contributed by atoms with van der Waals surface area (Å²) in [5, 5.41) is 2.66. The van der Waals surface area contributed by atoms with Gasteiger partial charge in [0.05, 0.1) is 5.71 Å². The van der Waals surface area contributed by atoms with Crippen molar-refractivity contribution in [3.8, 4) is 0 Å². The summed E-state index contributed by atoms with van der Waals surface area (Å²) >= 11 is 0. The van der Waals surface area contributed by atoms with Crippen molar-refractivity contribution >= 4 is 36.1 Å². The first-order valence-electron chi connectivity index (χ1n) is 12.7. The Balaban J connectivity index is 2.02. The molecule has 182 valence electrons. The molecule has 2 aromatic carbocycles. The van der Waals surface area contributed by atoms with Gasteiger partial charge in [-0.3, -0.25) is 9.79 Å². The third-order valence-corrected chi connectivity index (χ3v) is 10.7. The van der Waals surface area contributed by atoms with E-state index >= 15 is 0 Å². The number of rotatable bonds is 6. The largest absolute Gasteiger partial charge is 0.399 e. The van der Waals surface area contributed by atoms with Gasteiger partial charge in [-0.2, -0.15) is 0 Å². The third-order valence-electron chi connectivity index (χ3n) is 7.21. The minimum atomic E-state index is -2.06. The molecule has 0 atom stereocenters. The summed E-state index contributed by atoms with van der Waals surface area (Å²) in [6.07, 6.45) is 6.64. The number of nitrogen functional groups attached to an aromatic ring is 1. The number of benzene rings is 2. The molecule has 0 aromatic heterocycles. The van der Waals surface area contributed by atoms with Crippen LogP contribution in [-0.4, -0.2) is 44.7 Å². The molecule has 1 amide bonds. The molecule has 5 heteroatoms. The number of aliphatic imine (C=N–C) groups is 1. The second-order valence-electron chi connectivity index (χ2n) is 10.1. The van der Waals surface area contributed by atoms with Crippen LogP contribution in [0.3, 0.4) is 0 Å². The summed E-state index contributed by atoms with van der Waals surface area (Å²) in [6, 6.07) is 14.4. The lowest BCUT2D eigenvalue weighted by Gasteiger charge is -2.39. The van der Waals surface area contributed by atoms with Gasteiger partial charge in [0.15, 0.2) is 0 Å². The number of unbranched alkanes of at least 4 members (excludes halogenated alkanes) is 1. The molecule has 0 saturated heterocycles. The van der Waals surface area contributed by atoms with Crippen LogP contribution in [0.1, 0.15) is 55.1 Å². The highest BCUT2D eigenvalue weighted by Gasteiger charge is 2.40. The highest BCUT2D eigenvalue weighted by molar-refractivity contribution is 6.98. The molecule has 2 aromatic rings. The zero-order chi connectivity index (χ0) is 25.3. The second-order valence-corrected chi connectivity index (χ2v) is 14.4. The SMILES string of the molecule is CCCCN(C)C(=O)c1ccccc1C1=C2C=C(C)C(=NCC)C=C2[Si](C)(C)c2cc(N)ccc21. The Labute approximate surface area is 211 Å². The quantitative estimate of drug-likeness (QED) is 0.420. The van der Waals surface area contributed by atoms with Gasteiger partial charge in [0, 0.05) is 31.4 Å². The Bertz CT molecular complexity index is 1300. The lowest BCUT2D eigenvalue weighted by molar-refractivity contribution is 0.0793. The van der Waals surface area contributed by atoms with E-state index in [0.29, 0.717) is 0 Å². The molecule has 35 heavy (non-hydrogen) atoms. The molecule has 0 radical (unpaired) electrons. The Morgan fingerprint density at radius 1 is 1.06 bits per heavy atom. The smallest absolute Gasteiger partial charge is 0.254 e. The number of carbonyl (C=O) groups is 1. The van der Waals surface area contributed by atoms with Gasteiger partial charge in [-0.1, -0.05) is 50.7 Å². The lowest BCUT2D eigenvalue weighted by atomic mass is 9.86. The zero-order valence-electron chi connectivity index (χ0n) is 21.9. The highest BCUT2D eigenvalue weighted by atomic mass is 28.3. The van der Waals surface area contributed by atoms with E-state index in [4.69, 9.17) is 10.7 Å². The average Bonchev–Trinajstić information content (AvgIpc) is 2.84. The van der Waals surface area contributed by atoms with Crippen molar-refractivity contribution in [3.63, 3.8) is 0 Å². The Morgan fingerprint density at radius 3 is 2.51 bits per heavy atom. The molecule has 0 saturated carbocycles. The minimum absolute atomic E-state index is 0.0662. The fourth-order valence-corrected chi connectivity index (χ4v) is 8.30. The Kier molecular flexibility index (Phi) is 6.99. The van der Waals surface area contributed by atoms with Crippen LogP contribution >= 0.6 is 0 Å². The first-order valence-corrected chi connectivity index (χ1v) is 15.7. The molecule has 2 N–H and O–H groups in total. The summed E-state index contributed by atoms with van der Waals surface area (Å²) in [5.41, 5.74) is 14.6. The number of hydrogen-bond donors (Lipinski definition) is 1. The van der Waals surface area contributed by atoms with Crippen LogP contribution in [0.15, 0.2) is 76.0 Å². The molecule has 2 aliphatic rings. The monoisotopic (exact) mass is 483 g/mol. The number of fused-ring (bicyclic) bond motifs is 2. The number of nitrogens with zero attached hydrogens (tertiary/aromatic N) is 2. The number of allylic oxidation sites excluding steroid dienone is 5. The average molecular weight is 484 g/mol. The van der Waals surface area contributed by atoms with Crippen molar-refractivity contribution in [2.24, 2.45) is 4.99 Å². The van der Waals surface area contributed by atoms with E-state index in [-0.39, 0.29) is 5.91 Å². The standard InChI is InChI=1S/C30H37N3OSi/c1-7-9-16-33(4)30(34)23-13-11-10-12-22(23)29-24-15-14-21(31)18-27(24)35(5,6)28-19-26(32-8-2)20(3)17-25(28)29/h10-15,17-19H,7-9,16,31H2,1-6H3. The van der Waals surface area contributed by atoms with Crippen molar-refractivity contribution < 1.29 is 4.79 Å². The van der Waals surface area contributed by atoms with Gasteiger partial charge in [-0.25, -0.2) is 0 Å². The number of nitrogens with two attached hydrogens (primary N) is 1. The molecule has 4 nitrogen and oxygen atoms in total. The summed E-state index contributed by atoms with van der Waals surface area (Å²) < 4.78 is 0. The predicted molar refractivity (Wildman–Crippen MR) is 152 cm³/mol. The highest BCUT2D eigenvalue weighted by Crippen LogP contribution is 2.43. The number of anilines is 1. The van der Waals surface area contributed by atoms with Crippen molar-refractivity contribution in [2.75, 3.05) is 25.9 Å². The van der Waals surface area contributed by atoms with E-state index in [1.165, 1.54) is 21.5 Å². The lowest BCUT2D eigenvalue weighted by Crippen LogP contribution is -2.49. The Morgan fingerprint density at radius 2 is 1.80 bits per heavy atom. The van der Waals surface area contributed by atoms with Gasteiger partial charge < -0.3 is 10.6 Å². The van der Waals surface area contributed by atoms with E-state index in [1.54, 1.807) is 0 Å². The van der Waals surface area contributed by atoms with E-state index in [0.717, 1.165) is 59.6 Å². The molecule has 4 rings (SSSR count). The molecule has 0 unspecified atom stereocenters. The van der Waals surface area contributed by atoms with Gasteiger partial charge in [0.1, 0.15) is 8.07 Å². The normalized spacial score (nSPS) is 17.5. The van der Waals surface area contributed by atoms with Crippen LogP contribution in [0.5, 0.6) is 0 Å². The molecule has 0 fully saturated rings. The van der Waals surface area contributed by atoms with Crippen LogP contribution in [0.2, 0.25) is 13.1 Å². The number of amides is 1. The number of hydrogen-bond acceptors (Lipinski definition) is 3. The summed E-state index contributed by atoms with van der Waals surface area (Å²) in [7, 11) is -0.157. The van der Waals surface area contributed by atoms with Crippen LogP contribution in [-0.2, 0) is 0 Å². The maximum atomic E-state index is 13.6. The molecule has 0 bridgehead atoms. The van der Waals surface area contributed by atoms with Crippen molar-refractivity contribution in [1.82, 2.24) is 4.90 Å². The first-order chi connectivity index (χ1) is 16.7. The van der Waals surface area contributed by atoms with Crippen LogP contribution in [0.4, 0.5) is 5.69 Å². The van der Waals surface area contributed by atoms with E-state index in [1.807, 2.05) is 36.2 Å². The van der Waals surface area contributed by atoms with Crippen molar-refractivity contribution in [3.05, 3.63) is 87.6 Å². The molecule has 1 heterocycles. The maximum absolute atomic E-state index is 13.6. The Hall–Kier alpha value is -3.18. The van der Waals surface area contributed by atoms with Gasteiger partial charge in [0.25, 0.3) is 5.91 Å². The molecule has 0 spiro atoms. The predicted octanol–water partition coefficient (Wildman–Crippen LogP) is 5.76. The van der Waals surface area contributed by atoms with E-state index in [2.05, 4.69) is 64.2 Å². The fraction of sp³-hybridized carbons (Fsp3) is 0.333. The molecular formula is C30H37N3OSi. The second kappa shape index (κ2) is 9.82. The van der Waals surface area contributed by atoms with E-state index in [9.17, 15) is 4.79 Å². The van der Waals surface area contributed by atoms with Gasteiger partial charge in [-0.15, -0.1) is 0 Å². The minimum Gasteiger partial charge on any atom is -0.399 e. The van der Waals surface area contributed by atoms with Crippen LogP contribution in [0.25, 0.3) is 5.57 Å². The van der Waals surface area contributed by atoms with Crippen LogP contribution < -0.4 is 10.9 Å². The molecule has 1 aliphatic heterocycles. The van der Waals surface area contributed by atoms with Crippen molar-refractivity contribution in [1.29, 1.82) is 0 Å². The van der Waals surface area contributed by atoms with Crippen LogP contribution in [0, 0.1) is 0 Å². The maximum Gasteiger partial charge on any atom is 0.254 e. The fourth-order valence-electron chi connectivity index (χ4n) is 5.23. The summed E-state index contributed by atoms with van der Waals surface area (Å²) in [5.74, 6) is 0.0662. The molecular weight excluding hydrogens is 446 g/mol. The summed E-state index contributed by atoms with van der Waals surface area (Å²) in [6.45, 7) is 12.6. The zero-order valence-corrected chi connectivity index (χ0v) is 22.9. The van der Waals surface area contributed by atoms with E-state index < -0.39 is 8.07 Å². The number of carbonyl (C=O) groups excluding carboxylic acids is 1.